The second kappa shape index (κ2) is 9.27. The molecule has 1 aromatic carbocycles. The van der Waals surface area contributed by atoms with Gasteiger partial charge in [0.15, 0.2) is 9.84 Å². The van der Waals surface area contributed by atoms with Crippen molar-refractivity contribution in [3.05, 3.63) is 32.7 Å². The van der Waals surface area contributed by atoms with Crippen LogP contribution in [0.15, 0.2) is 24.1 Å². The number of piperidine rings is 1. The van der Waals surface area contributed by atoms with Gasteiger partial charge >= 0.3 is 0 Å². The minimum absolute atomic E-state index is 0.0259. The van der Waals surface area contributed by atoms with E-state index in [1.54, 1.807) is 18.1 Å². The molecule has 0 saturated carbocycles. The molecule has 0 aliphatic carbocycles. The van der Waals surface area contributed by atoms with Crippen LogP contribution in [0.2, 0.25) is 5.02 Å². The average molecular weight is 513 g/mol. The summed E-state index contributed by atoms with van der Waals surface area (Å²) in [5.74, 6) is 0.739. The third kappa shape index (κ3) is 5.75. The number of hydrogen-bond donors (Lipinski definition) is 1. The predicted molar refractivity (Wildman–Crippen MR) is 112 cm³/mol. The van der Waals surface area contributed by atoms with Crippen LogP contribution in [0, 0.1) is 9.49 Å². The summed E-state index contributed by atoms with van der Waals surface area (Å²) in [4.78, 5) is 14.2. The lowest BCUT2D eigenvalue weighted by molar-refractivity contribution is -0.130. The largest absolute Gasteiger partial charge is 0.495 e. The highest BCUT2D eigenvalue weighted by atomic mass is 127. The summed E-state index contributed by atoms with van der Waals surface area (Å²) < 4.78 is 29.4. The van der Waals surface area contributed by atoms with Gasteiger partial charge in [-0.25, -0.2) is 8.42 Å². The van der Waals surface area contributed by atoms with Crippen molar-refractivity contribution >= 4 is 55.6 Å². The SMILES string of the molecule is C=CS(=O)(=O)CC1CCN(C(=O)CNc2cc(I)c(Cl)cc2OC)CC1. The van der Waals surface area contributed by atoms with Crippen molar-refractivity contribution in [1.29, 1.82) is 0 Å². The van der Waals surface area contributed by atoms with Crippen molar-refractivity contribution in [1.82, 2.24) is 4.90 Å². The second-order valence-corrected chi connectivity index (χ2v) is 9.70. The number of likely N-dealkylation sites (tertiary alicyclic amines) is 1. The number of ether oxygens (including phenoxy) is 1. The van der Waals surface area contributed by atoms with Crippen molar-refractivity contribution in [2.75, 3.05) is 37.8 Å². The number of carbonyl (C=O) groups is 1. The molecule has 1 saturated heterocycles. The van der Waals surface area contributed by atoms with E-state index in [9.17, 15) is 13.2 Å². The van der Waals surface area contributed by atoms with E-state index in [0.29, 0.717) is 42.4 Å². The van der Waals surface area contributed by atoms with E-state index in [1.165, 1.54) is 0 Å². The van der Waals surface area contributed by atoms with Crippen LogP contribution in [0.5, 0.6) is 5.75 Å². The number of halogens is 2. The Morgan fingerprint density at radius 2 is 2.12 bits per heavy atom. The standard InChI is InChI=1S/C17H22ClIN2O4S/c1-3-26(23,24)11-12-4-6-21(7-5-12)17(22)10-20-15-9-14(19)13(18)8-16(15)25-2/h3,8-9,12,20H,1,4-7,10-11H2,2H3. The number of benzene rings is 1. The first-order valence-corrected chi connectivity index (χ1v) is 11.3. The highest BCUT2D eigenvalue weighted by Crippen LogP contribution is 2.32. The third-order valence-corrected chi connectivity index (χ3v) is 7.33. The smallest absolute Gasteiger partial charge is 0.241 e. The lowest BCUT2D eigenvalue weighted by Gasteiger charge is -2.32. The van der Waals surface area contributed by atoms with Crippen LogP contribution in [-0.4, -0.2) is 51.7 Å². The Bertz CT molecular complexity index is 777. The van der Waals surface area contributed by atoms with Gasteiger partial charge in [-0.05, 0) is 47.4 Å². The maximum absolute atomic E-state index is 12.4. The highest BCUT2D eigenvalue weighted by Gasteiger charge is 2.25. The van der Waals surface area contributed by atoms with Crippen molar-refractivity contribution in [3.8, 4) is 5.75 Å². The zero-order chi connectivity index (χ0) is 19.3. The first-order chi connectivity index (χ1) is 12.3. The van der Waals surface area contributed by atoms with E-state index in [2.05, 4.69) is 34.5 Å². The van der Waals surface area contributed by atoms with Gasteiger partial charge in [-0.15, -0.1) is 0 Å². The van der Waals surface area contributed by atoms with Crippen molar-refractivity contribution < 1.29 is 17.9 Å². The summed E-state index contributed by atoms with van der Waals surface area (Å²) in [6, 6.07) is 3.54. The molecule has 1 aliphatic heterocycles. The van der Waals surface area contributed by atoms with Gasteiger partial charge in [0.1, 0.15) is 5.75 Å². The fourth-order valence-corrected chi connectivity index (χ4v) is 4.61. The number of carbonyl (C=O) groups excluding carboxylic acids is 1. The molecule has 0 bridgehead atoms. The molecule has 0 unspecified atom stereocenters. The van der Waals surface area contributed by atoms with Crippen molar-refractivity contribution in [3.63, 3.8) is 0 Å². The molecule has 144 valence electrons. The zero-order valence-electron chi connectivity index (χ0n) is 14.5. The van der Waals surface area contributed by atoms with Crippen molar-refractivity contribution in [2.45, 2.75) is 12.8 Å². The van der Waals surface area contributed by atoms with Gasteiger partial charge in [-0.3, -0.25) is 4.79 Å². The summed E-state index contributed by atoms with van der Waals surface area (Å²) in [5.41, 5.74) is 0.710. The van der Waals surface area contributed by atoms with Crippen molar-refractivity contribution in [2.24, 2.45) is 5.92 Å². The zero-order valence-corrected chi connectivity index (χ0v) is 18.2. The molecule has 1 aliphatic rings. The van der Waals surface area contributed by atoms with Crippen LogP contribution >= 0.6 is 34.2 Å². The quantitative estimate of drug-likeness (QED) is 0.568. The molecule has 1 fully saturated rings. The molecule has 1 amide bonds. The number of nitrogens with zero attached hydrogens (tertiary/aromatic N) is 1. The molecular weight excluding hydrogens is 491 g/mol. The first kappa shape index (κ1) is 21.3. The van der Waals surface area contributed by atoms with Gasteiger partial charge in [-0.1, -0.05) is 18.2 Å². The van der Waals surface area contributed by atoms with E-state index < -0.39 is 9.84 Å². The normalized spacial score (nSPS) is 15.6. The number of amides is 1. The molecule has 26 heavy (non-hydrogen) atoms. The first-order valence-electron chi connectivity index (χ1n) is 8.15. The third-order valence-electron chi connectivity index (χ3n) is 4.36. The molecule has 1 heterocycles. The summed E-state index contributed by atoms with van der Waals surface area (Å²) in [6.07, 6.45) is 1.36. The van der Waals surface area contributed by atoms with E-state index in [-0.39, 0.29) is 24.1 Å². The minimum atomic E-state index is -3.20. The molecule has 0 radical (unpaired) electrons. The van der Waals surface area contributed by atoms with E-state index >= 15 is 0 Å². The Morgan fingerprint density at radius 1 is 1.46 bits per heavy atom. The fourth-order valence-electron chi connectivity index (χ4n) is 2.86. The van der Waals surface area contributed by atoms with Gasteiger partial charge < -0.3 is 15.0 Å². The van der Waals surface area contributed by atoms with Gasteiger partial charge in [0.25, 0.3) is 0 Å². The Balaban J connectivity index is 1.88. The lowest BCUT2D eigenvalue weighted by atomic mass is 9.99. The second-order valence-electron chi connectivity index (χ2n) is 6.14. The van der Waals surface area contributed by atoms with Gasteiger partial charge in [-0.2, -0.15) is 0 Å². The summed E-state index contributed by atoms with van der Waals surface area (Å²) in [7, 11) is -1.65. The number of rotatable bonds is 7. The summed E-state index contributed by atoms with van der Waals surface area (Å²) in [5, 5.41) is 4.70. The van der Waals surface area contributed by atoms with Crippen LogP contribution in [0.4, 0.5) is 5.69 Å². The molecular formula is C17H22ClIN2O4S. The molecule has 2 rings (SSSR count). The molecule has 0 aromatic heterocycles. The minimum Gasteiger partial charge on any atom is -0.495 e. The molecule has 1 N–H and O–H groups in total. The average Bonchev–Trinajstić information content (AvgIpc) is 2.62. The van der Waals surface area contributed by atoms with E-state index in [4.69, 9.17) is 16.3 Å². The predicted octanol–water partition coefficient (Wildman–Crippen LogP) is 3.16. The van der Waals surface area contributed by atoms with Crippen LogP contribution in [0.3, 0.4) is 0 Å². The lowest BCUT2D eigenvalue weighted by Crippen LogP contribution is -2.42. The number of nitrogens with one attached hydrogen (secondary N) is 1. The Labute approximate surface area is 173 Å². The Kier molecular flexibility index (Phi) is 7.60. The fraction of sp³-hybridized carbons (Fsp3) is 0.471. The molecule has 1 aromatic rings. The van der Waals surface area contributed by atoms with Crippen LogP contribution in [0.1, 0.15) is 12.8 Å². The maximum atomic E-state index is 12.4. The number of anilines is 1. The van der Waals surface area contributed by atoms with E-state index in [0.717, 1.165) is 8.98 Å². The number of hydrogen-bond acceptors (Lipinski definition) is 5. The summed E-state index contributed by atoms with van der Waals surface area (Å²) >= 11 is 8.20. The monoisotopic (exact) mass is 512 g/mol. The highest BCUT2D eigenvalue weighted by molar-refractivity contribution is 14.1. The Hall–Kier alpha value is -1.000. The van der Waals surface area contributed by atoms with Crippen LogP contribution in [-0.2, 0) is 14.6 Å². The molecule has 6 nitrogen and oxygen atoms in total. The Morgan fingerprint density at radius 3 is 2.69 bits per heavy atom. The number of sulfone groups is 1. The van der Waals surface area contributed by atoms with Gasteiger partial charge in [0, 0.05) is 28.1 Å². The van der Waals surface area contributed by atoms with Gasteiger partial charge in [0.05, 0.1) is 30.1 Å². The maximum Gasteiger partial charge on any atom is 0.241 e. The molecule has 9 heteroatoms. The van der Waals surface area contributed by atoms with Crippen LogP contribution < -0.4 is 10.1 Å². The van der Waals surface area contributed by atoms with Gasteiger partial charge in [0.2, 0.25) is 5.91 Å². The van der Waals surface area contributed by atoms with Crippen LogP contribution in [0.25, 0.3) is 0 Å². The van der Waals surface area contributed by atoms with E-state index in [1.807, 2.05) is 6.07 Å². The summed E-state index contributed by atoms with van der Waals surface area (Å²) in [6.45, 7) is 4.61. The molecule has 0 atom stereocenters. The topological polar surface area (TPSA) is 75.7 Å². The molecule has 0 spiro atoms. The number of methoxy groups -OCH3 is 1.